The first-order valence-electron chi connectivity index (χ1n) is 16.0. The van der Waals surface area contributed by atoms with E-state index in [-0.39, 0.29) is 25.4 Å². The molecule has 2 bridgehead atoms. The Kier molecular flexibility index (Phi) is 10.5. The van der Waals surface area contributed by atoms with E-state index in [1.807, 2.05) is 31.2 Å². The summed E-state index contributed by atoms with van der Waals surface area (Å²) in [6.45, 7) is 10.7. The molecule has 3 amide bonds. The smallest absolute Gasteiger partial charge is 0.313 e. The number of nitrogens with one attached hydrogen (secondary N) is 1. The van der Waals surface area contributed by atoms with E-state index in [1.54, 1.807) is 43.3 Å². The maximum atomic E-state index is 14.7. The van der Waals surface area contributed by atoms with Gasteiger partial charge in [0, 0.05) is 13.0 Å². The van der Waals surface area contributed by atoms with Crippen molar-refractivity contribution >= 4 is 41.0 Å². The highest BCUT2D eigenvalue weighted by molar-refractivity contribution is 6.34. The zero-order chi connectivity index (χ0) is 33.9. The third-order valence-corrected chi connectivity index (χ3v) is 9.81. The van der Waals surface area contributed by atoms with E-state index >= 15 is 0 Å². The molecule has 11 heteroatoms. The molecule has 10 nitrogen and oxygen atoms in total. The van der Waals surface area contributed by atoms with Gasteiger partial charge in [-0.05, 0) is 50.3 Å². The van der Waals surface area contributed by atoms with Gasteiger partial charge in [-0.2, -0.15) is 0 Å². The minimum Gasteiger partial charge on any atom is -0.455 e. The van der Waals surface area contributed by atoms with Crippen LogP contribution >= 0.6 is 11.6 Å². The van der Waals surface area contributed by atoms with Crippen LogP contribution in [0.5, 0.6) is 0 Å². The second-order valence-electron chi connectivity index (χ2n) is 12.4. The van der Waals surface area contributed by atoms with Crippen LogP contribution in [0.4, 0.5) is 5.69 Å². The molecule has 3 aliphatic rings. The highest BCUT2D eigenvalue weighted by Gasteiger charge is 2.75. The summed E-state index contributed by atoms with van der Waals surface area (Å²) in [5.74, 6) is -3.72. The highest BCUT2D eigenvalue weighted by Crippen LogP contribution is 2.59. The number of carbonyl (C=O) groups excluding carboxylic acids is 4. The lowest BCUT2D eigenvalue weighted by atomic mass is 9.70. The number of hydrogen-bond acceptors (Lipinski definition) is 7. The van der Waals surface area contributed by atoms with Crippen LogP contribution in [-0.2, 0) is 28.7 Å². The van der Waals surface area contributed by atoms with Crippen molar-refractivity contribution in [3.8, 4) is 0 Å². The normalized spacial score (nSPS) is 25.5. The van der Waals surface area contributed by atoms with Crippen LogP contribution in [0, 0.1) is 18.8 Å². The average molecular weight is 664 g/mol. The van der Waals surface area contributed by atoms with Gasteiger partial charge in [-0.3, -0.25) is 19.2 Å². The highest BCUT2D eigenvalue weighted by atomic mass is 35.5. The fraction of sp³-hybridized carbons (Fsp3) is 0.444. The monoisotopic (exact) mass is 663 g/mol. The number of nitrogens with zero attached hydrogens (tertiary/aromatic N) is 2. The molecule has 0 radical (unpaired) electrons. The van der Waals surface area contributed by atoms with Crippen LogP contribution in [0.3, 0.4) is 0 Å². The van der Waals surface area contributed by atoms with E-state index in [2.05, 4.69) is 18.5 Å². The predicted octanol–water partition coefficient (Wildman–Crippen LogP) is 4.29. The van der Waals surface area contributed by atoms with Crippen molar-refractivity contribution in [1.29, 1.82) is 0 Å². The predicted molar refractivity (Wildman–Crippen MR) is 177 cm³/mol. The standard InChI is InChI=1S/C36H42ClN3O7/c1-5-7-16-28(42)38-20-27(24-13-9-8-10-14-24)46-35(45)29-26-17-18-36(47-26)30(29)33(43)40(23(4)21-41)32(36)34(44)39(19-6-2)31-22(3)12-11-15-25(31)37/h5-6,8-15,23,26-27,29-30,32,41H,1-2,7,16-21H2,3-4H3,(H,38,42)/t23-,26-,27+,29+,30+,32-,36+/m1/s1. The van der Waals surface area contributed by atoms with Crippen molar-refractivity contribution in [3.05, 3.63) is 90.0 Å². The van der Waals surface area contributed by atoms with Gasteiger partial charge in [0.1, 0.15) is 17.7 Å². The molecular formula is C36H42ClN3O7. The minimum absolute atomic E-state index is 0.0379. The molecule has 3 heterocycles. The molecule has 0 aromatic heterocycles. The van der Waals surface area contributed by atoms with Gasteiger partial charge in [0.15, 0.2) is 0 Å². The fourth-order valence-corrected chi connectivity index (χ4v) is 7.70. The molecule has 3 fully saturated rings. The van der Waals surface area contributed by atoms with Crippen LogP contribution in [0.2, 0.25) is 5.02 Å². The number of aliphatic hydroxyl groups is 1. The van der Waals surface area contributed by atoms with Gasteiger partial charge in [-0.1, -0.05) is 66.2 Å². The topological polar surface area (TPSA) is 125 Å². The number of aryl methyl sites for hydroxylation is 1. The summed E-state index contributed by atoms with van der Waals surface area (Å²) in [5.41, 5.74) is 0.615. The molecule has 5 rings (SSSR count). The van der Waals surface area contributed by atoms with Crippen LogP contribution in [0.25, 0.3) is 0 Å². The van der Waals surface area contributed by atoms with E-state index in [9.17, 15) is 24.3 Å². The molecule has 3 saturated heterocycles. The fourth-order valence-electron chi connectivity index (χ4n) is 7.38. The molecule has 3 aliphatic heterocycles. The van der Waals surface area contributed by atoms with Gasteiger partial charge < -0.3 is 29.7 Å². The van der Waals surface area contributed by atoms with E-state index in [0.717, 1.165) is 5.56 Å². The maximum absolute atomic E-state index is 14.7. The van der Waals surface area contributed by atoms with Crippen molar-refractivity contribution in [1.82, 2.24) is 10.2 Å². The first kappa shape index (κ1) is 34.3. The lowest BCUT2D eigenvalue weighted by molar-refractivity contribution is -0.161. The van der Waals surface area contributed by atoms with Crippen LogP contribution in [0.15, 0.2) is 73.8 Å². The molecule has 0 aliphatic carbocycles. The maximum Gasteiger partial charge on any atom is 0.313 e. The Balaban J connectivity index is 1.48. The zero-order valence-electron chi connectivity index (χ0n) is 26.8. The SMILES string of the molecule is C=CCCC(=O)NC[C@H](OC(=O)[C@@H]1[C@H]2C(=O)N([C@H](C)CO)[C@H](C(=O)N(CC=C)c3c(C)cccc3Cl)[C@]23CC[C@H]1O3)c1ccccc1. The first-order valence-corrected chi connectivity index (χ1v) is 16.4. The number of hydrogen-bond donors (Lipinski definition) is 2. The number of aliphatic hydroxyl groups excluding tert-OH is 1. The Bertz CT molecular complexity index is 1510. The van der Waals surface area contributed by atoms with Crippen molar-refractivity contribution in [2.24, 2.45) is 11.8 Å². The number of fused-ring (bicyclic) bond motifs is 1. The summed E-state index contributed by atoms with van der Waals surface area (Å²) in [5, 5.41) is 13.4. The van der Waals surface area contributed by atoms with E-state index < -0.39 is 66.1 Å². The molecule has 250 valence electrons. The van der Waals surface area contributed by atoms with Crippen LogP contribution in [-0.4, -0.2) is 77.2 Å². The van der Waals surface area contributed by atoms with Gasteiger partial charge in [0.05, 0.1) is 47.8 Å². The number of ether oxygens (including phenoxy) is 2. The molecule has 0 saturated carbocycles. The second-order valence-corrected chi connectivity index (χ2v) is 12.9. The van der Waals surface area contributed by atoms with Crippen molar-refractivity contribution < 1.29 is 33.8 Å². The van der Waals surface area contributed by atoms with Crippen LogP contribution < -0.4 is 10.2 Å². The lowest BCUT2D eigenvalue weighted by Crippen LogP contribution is -2.58. The summed E-state index contributed by atoms with van der Waals surface area (Å²) >= 11 is 6.62. The number of esters is 1. The van der Waals surface area contributed by atoms with Gasteiger partial charge in [-0.15, -0.1) is 13.2 Å². The zero-order valence-corrected chi connectivity index (χ0v) is 27.5. The van der Waals surface area contributed by atoms with Gasteiger partial charge in [-0.25, -0.2) is 0 Å². The quantitative estimate of drug-likeness (QED) is 0.228. The van der Waals surface area contributed by atoms with Crippen molar-refractivity contribution in [2.45, 2.75) is 69.4 Å². The second kappa shape index (κ2) is 14.4. The Morgan fingerprint density at radius 1 is 1.19 bits per heavy atom. The number of para-hydroxylation sites is 1. The van der Waals surface area contributed by atoms with Crippen LogP contribution in [0.1, 0.15) is 49.8 Å². The summed E-state index contributed by atoms with van der Waals surface area (Å²) in [6, 6.07) is 12.5. The molecule has 0 unspecified atom stereocenters. The molecular weight excluding hydrogens is 622 g/mol. The molecule has 2 N–H and O–H groups in total. The molecule has 1 spiro atoms. The Morgan fingerprint density at radius 3 is 2.60 bits per heavy atom. The third-order valence-electron chi connectivity index (χ3n) is 9.51. The molecule has 2 aromatic carbocycles. The summed E-state index contributed by atoms with van der Waals surface area (Å²) < 4.78 is 12.7. The average Bonchev–Trinajstić information content (AvgIpc) is 3.72. The molecule has 7 atom stereocenters. The number of anilines is 1. The summed E-state index contributed by atoms with van der Waals surface area (Å²) in [7, 11) is 0. The summed E-state index contributed by atoms with van der Waals surface area (Å²) in [4.78, 5) is 58.5. The van der Waals surface area contributed by atoms with E-state index in [0.29, 0.717) is 35.5 Å². The van der Waals surface area contributed by atoms with E-state index in [1.165, 1.54) is 9.80 Å². The number of benzene rings is 2. The first-order chi connectivity index (χ1) is 22.6. The number of likely N-dealkylation sites (tertiary alicyclic amines) is 1. The Labute approximate surface area is 280 Å². The number of halogens is 1. The molecule has 2 aromatic rings. The van der Waals surface area contributed by atoms with Gasteiger partial charge >= 0.3 is 5.97 Å². The lowest BCUT2D eigenvalue weighted by Gasteiger charge is -2.39. The largest absolute Gasteiger partial charge is 0.455 e. The number of carbonyl (C=O) groups is 4. The number of amides is 3. The number of rotatable bonds is 14. The van der Waals surface area contributed by atoms with E-state index in [4.69, 9.17) is 21.1 Å². The Hall–Kier alpha value is -3.99. The molecule has 47 heavy (non-hydrogen) atoms. The van der Waals surface area contributed by atoms with Crippen molar-refractivity contribution in [3.63, 3.8) is 0 Å². The van der Waals surface area contributed by atoms with Gasteiger partial charge in [0.2, 0.25) is 11.8 Å². The minimum atomic E-state index is -1.32. The van der Waals surface area contributed by atoms with Crippen molar-refractivity contribution in [2.75, 3.05) is 24.6 Å². The number of allylic oxidation sites excluding steroid dienone is 1. The third kappa shape index (κ3) is 6.34. The Morgan fingerprint density at radius 2 is 1.94 bits per heavy atom. The summed E-state index contributed by atoms with van der Waals surface area (Å²) in [6.07, 6.45) is 3.34. The van der Waals surface area contributed by atoms with Gasteiger partial charge in [0.25, 0.3) is 5.91 Å².